The van der Waals surface area contributed by atoms with Gasteiger partial charge in [0, 0.05) is 11.9 Å². The lowest BCUT2D eigenvalue weighted by molar-refractivity contribution is 0.102. The molecule has 1 amide bonds. The molecule has 0 radical (unpaired) electrons. The predicted molar refractivity (Wildman–Crippen MR) is 103 cm³/mol. The van der Waals surface area contributed by atoms with Gasteiger partial charge in [0.2, 0.25) is 0 Å². The minimum absolute atomic E-state index is 0.259. The van der Waals surface area contributed by atoms with Gasteiger partial charge >= 0.3 is 0 Å². The van der Waals surface area contributed by atoms with Gasteiger partial charge in [-0.1, -0.05) is 35.9 Å². The number of pyridine rings is 1. The van der Waals surface area contributed by atoms with Crippen molar-refractivity contribution in [3.05, 3.63) is 82.6 Å². The maximum absolute atomic E-state index is 12.5. The van der Waals surface area contributed by atoms with Crippen LogP contribution in [0.5, 0.6) is 0 Å². The number of hydrogen-bond acceptors (Lipinski definition) is 3. The third kappa shape index (κ3) is 3.98. The first-order chi connectivity index (χ1) is 12.0. The zero-order chi connectivity index (χ0) is 17.8. The van der Waals surface area contributed by atoms with Gasteiger partial charge in [-0.05, 0) is 49.2 Å². The number of carbonyl (C=O) groups is 1. The molecular formula is C20H18ClN3O. The zero-order valence-electron chi connectivity index (χ0n) is 14.0. The third-order valence-electron chi connectivity index (χ3n) is 4.01. The number of para-hydroxylation sites is 1. The van der Waals surface area contributed by atoms with Gasteiger partial charge in [-0.2, -0.15) is 0 Å². The zero-order valence-corrected chi connectivity index (χ0v) is 14.8. The Morgan fingerprint density at radius 2 is 1.76 bits per heavy atom. The molecule has 0 fully saturated rings. The van der Waals surface area contributed by atoms with E-state index in [-0.39, 0.29) is 5.91 Å². The summed E-state index contributed by atoms with van der Waals surface area (Å²) in [6.07, 6.45) is 3.22. The average Bonchev–Trinajstić information content (AvgIpc) is 2.61. The van der Waals surface area contributed by atoms with Crippen LogP contribution in [0.3, 0.4) is 0 Å². The second-order valence-corrected chi connectivity index (χ2v) is 6.18. The molecule has 4 nitrogen and oxygen atoms in total. The van der Waals surface area contributed by atoms with Gasteiger partial charge in [0.05, 0.1) is 28.2 Å². The number of hydrogen-bond donors (Lipinski definition) is 2. The molecule has 0 aliphatic carbocycles. The van der Waals surface area contributed by atoms with Gasteiger partial charge in [-0.3, -0.25) is 9.78 Å². The fraction of sp³-hybridized carbons (Fsp3) is 0.100. The van der Waals surface area contributed by atoms with Gasteiger partial charge in [-0.15, -0.1) is 0 Å². The standard InChI is InChI=1S/C20H18ClN3O/c1-13-6-5-9-18(14(13)2)23-16-10-15(11-22-12-16)20(25)24-19-8-4-3-7-17(19)21/h3-12,23H,1-2H3,(H,24,25). The van der Waals surface area contributed by atoms with Crippen molar-refractivity contribution < 1.29 is 4.79 Å². The number of benzene rings is 2. The van der Waals surface area contributed by atoms with Crippen LogP contribution in [0.4, 0.5) is 17.1 Å². The van der Waals surface area contributed by atoms with Crippen molar-refractivity contribution in [2.24, 2.45) is 0 Å². The van der Waals surface area contributed by atoms with Gasteiger partial charge < -0.3 is 10.6 Å². The second kappa shape index (κ2) is 7.36. The maximum Gasteiger partial charge on any atom is 0.257 e. The summed E-state index contributed by atoms with van der Waals surface area (Å²) in [4.78, 5) is 16.6. The third-order valence-corrected chi connectivity index (χ3v) is 4.34. The average molecular weight is 352 g/mol. The smallest absolute Gasteiger partial charge is 0.257 e. The summed E-state index contributed by atoms with van der Waals surface area (Å²) >= 11 is 6.08. The van der Waals surface area contributed by atoms with Gasteiger partial charge in [-0.25, -0.2) is 0 Å². The highest BCUT2D eigenvalue weighted by molar-refractivity contribution is 6.33. The molecule has 0 saturated heterocycles. The van der Waals surface area contributed by atoms with Crippen molar-refractivity contribution in [3.63, 3.8) is 0 Å². The summed E-state index contributed by atoms with van der Waals surface area (Å²) < 4.78 is 0. The van der Waals surface area contributed by atoms with Gasteiger partial charge in [0.1, 0.15) is 0 Å². The van der Waals surface area contributed by atoms with Gasteiger partial charge in [0.15, 0.2) is 0 Å². The summed E-state index contributed by atoms with van der Waals surface area (Å²) in [6, 6.07) is 14.9. The molecule has 1 aromatic heterocycles. The topological polar surface area (TPSA) is 54.0 Å². The Kier molecular flexibility index (Phi) is 5.00. The fourth-order valence-electron chi connectivity index (χ4n) is 2.43. The van der Waals surface area contributed by atoms with Crippen LogP contribution in [0, 0.1) is 13.8 Å². The van der Waals surface area contributed by atoms with E-state index in [1.54, 1.807) is 24.4 Å². The molecule has 0 unspecified atom stereocenters. The van der Waals surface area contributed by atoms with Crippen molar-refractivity contribution in [2.45, 2.75) is 13.8 Å². The van der Waals surface area contributed by atoms with E-state index in [1.165, 1.54) is 11.8 Å². The first-order valence-corrected chi connectivity index (χ1v) is 8.26. The molecular weight excluding hydrogens is 334 g/mol. The van der Waals surface area contributed by atoms with E-state index in [9.17, 15) is 4.79 Å². The number of halogens is 1. The molecule has 0 aliphatic heterocycles. The molecule has 0 atom stereocenters. The monoisotopic (exact) mass is 351 g/mol. The Balaban J connectivity index is 1.80. The van der Waals surface area contributed by atoms with Crippen LogP contribution in [-0.2, 0) is 0 Å². The Labute approximate surface area is 151 Å². The molecule has 25 heavy (non-hydrogen) atoms. The Hall–Kier alpha value is -2.85. The minimum Gasteiger partial charge on any atom is -0.354 e. The van der Waals surface area contributed by atoms with Crippen LogP contribution in [-0.4, -0.2) is 10.9 Å². The summed E-state index contributed by atoms with van der Waals surface area (Å²) in [5.41, 5.74) is 5.13. The van der Waals surface area contributed by atoms with Crippen molar-refractivity contribution in [1.82, 2.24) is 4.98 Å². The number of nitrogens with one attached hydrogen (secondary N) is 2. The summed E-state index contributed by atoms with van der Waals surface area (Å²) in [5, 5.41) is 6.61. The number of nitrogens with zero attached hydrogens (tertiary/aromatic N) is 1. The molecule has 2 aromatic carbocycles. The van der Waals surface area contributed by atoms with E-state index < -0.39 is 0 Å². The number of aromatic nitrogens is 1. The minimum atomic E-state index is -0.259. The molecule has 1 heterocycles. The van der Waals surface area contributed by atoms with E-state index >= 15 is 0 Å². The molecule has 5 heteroatoms. The first-order valence-electron chi connectivity index (χ1n) is 7.89. The second-order valence-electron chi connectivity index (χ2n) is 5.77. The quantitative estimate of drug-likeness (QED) is 0.666. The lowest BCUT2D eigenvalue weighted by atomic mass is 10.1. The number of aryl methyl sites for hydroxylation is 1. The molecule has 2 N–H and O–H groups in total. The highest BCUT2D eigenvalue weighted by Gasteiger charge is 2.10. The first kappa shape index (κ1) is 17.0. The highest BCUT2D eigenvalue weighted by Crippen LogP contribution is 2.24. The molecule has 0 bridgehead atoms. The molecule has 3 aromatic rings. The van der Waals surface area contributed by atoms with E-state index in [2.05, 4.69) is 35.5 Å². The van der Waals surface area contributed by atoms with E-state index in [1.807, 2.05) is 24.3 Å². The Morgan fingerprint density at radius 1 is 1.00 bits per heavy atom. The SMILES string of the molecule is Cc1cccc(Nc2cncc(C(=O)Nc3ccccc3Cl)c2)c1C. The normalized spacial score (nSPS) is 10.4. The van der Waals surface area contributed by atoms with Crippen LogP contribution in [0.2, 0.25) is 5.02 Å². The Bertz CT molecular complexity index is 924. The van der Waals surface area contributed by atoms with E-state index in [4.69, 9.17) is 11.6 Å². The molecule has 0 saturated carbocycles. The number of amides is 1. The summed E-state index contributed by atoms with van der Waals surface area (Å²) in [7, 11) is 0. The van der Waals surface area contributed by atoms with Gasteiger partial charge in [0.25, 0.3) is 5.91 Å². The molecule has 126 valence electrons. The lowest BCUT2D eigenvalue weighted by Crippen LogP contribution is -2.12. The highest BCUT2D eigenvalue weighted by atomic mass is 35.5. The predicted octanol–water partition coefficient (Wildman–Crippen LogP) is 5.35. The number of rotatable bonds is 4. The van der Waals surface area contributed by atoms with Crippen LogP contribution in [0.25, 0.3) is 0 Å². The largest absolute Gasteiger partial charge is 0.354 e. The Morgan fingerprint density at radius 3 is 2.56 bits per heavy atom. The summed E-state index contributed by atoms with van der Waals surface area (Å²) in [5.74, 6) is -0.259. The maximum atomic E-state index is 12.5. The van der Waals surface area contributed by atoms with Crippen molar-refractivity contribution in [2.75, 3.05) is 10.6 Å². The molecule has 0 spiro atoms. The molecule has 0 aliphatic rings. The molecule has 3 rings (SSSR count). The van der Waals surface area contributed by atoms with E-state index in [0.29, 0.717) is 16.3 Å². The summed E-state index contributed by atoms with van der Waals surface area (Å²) in [6.45, 7) is 4.12. The number of anilines is 3. The number of carbonyl (C=O) groups excluding carboxylic acids is 1. The van der Waals surface area contributed by atoms with E-state index in [0.717, 1.165) is 16.9 Å². The lowest BCUT2D eigenvalue weighted by Gasteiger charge is -2.12. The van der Waals surface area contributed by atoms with Crippen LogP contribution < -0.4 is 10.6 Å². The van der Waals surface area contributed by atoms with Crippen molar-refractivity contribution >= 4 is 34.6 Å². The fourth-order valence-corrected chi connectivity index (χ4v) is 2.61. The van der Waals surface area contributed by atoms with Crippen LogP contribution in [0.15, 0.2) is 60.9 Å². The van der Waals surface area contributed by atoms with Crippen LogP contribution >= 0.6 is 11.6 Å². The van der Waals surface area contributed by atoms with Crippen LogP contribution in [0.1, 0.15) is 21.5 Å². The van der Waals surface area contributed by atoms with Crippen molar-refractivity contribution in [1.29, 1.82) is 0 Å². The van der Waals surface area contributed by atoms with Crippen molar-refractivity contribution in [3.8, 4) is 0 Å².